The average Bonchev–Trinajstić information content (AvgIpc) is 3.15. The molecule has 1 aromatic heterocycles. The summed E-state index contributed by atoms with van der Waals surface area (Å²) >= 11 is 0. The number of sulfonamides is 1. The van der Waals surface area contributed by atoms with E-state index < -0.39 is 10.0 Å². The first-order valence-corrected chi connectivity index (χ1v) is 10.9. The van der Waals surface area contributed by atoms with E-state index in [1.807, 2.05) is 44.2 Å². The number of rotatable bonds is 8. The van der Waals surface area contributed by atoms with E-state index in [4.69, 9.17) is 0 Å². The molecule has 1 aliphatic rings. The lowest BCUT2D eigenvalue weighted by Gasteiger charge is -2.17. The maximum absolute atomic E-state index is 12.2. The highest BCUT2D eigenvalue weighted by atomic mass is 32.2. The number of benzene rings is 1. The zero-order valence-electron chi connectivity index (χ0n) is 15.9. The zero-order valence-corrected chi connectivity index (χ0v) is 16.7. The van der Waals surface area contributed by atoms with E-state index >= 15 is 0 Å². The van der Waals surface area contributed by atoms with Crippen molar-refractivity contribution in [1.82, 2.24) is 14.7 Å². The number of nitrogens with one attached hydrogen (secondary N) is 2. The molecule has 0 saturated carbocycles. The van der Waals surface area contributed by atoms with Crippen molar-refractivity contribution in [2.75, 3.05) is 36.4 Å². The second-order valence-electron chi connectivity index (χ2n) is 6.95. The Hall–Kier alpha value is -2.19. The summed E-state index contributed by atoms with van der Waals surface area (Å²) in [7, 11) is -3.37. The highest BCUT2D eigenvalue weighted by molar-refractivity contribution is 7.88. The van der Waals surface area contributed by atoms with Gasteiger partial charge in [0.15, 0.2) is 0 Å². The van der Waals surface area contributed by atoms with Crippen LogP contribution in [0.5, 0.6) is 0 Å². The fourth-order valence-corrected chi connectivity index (χ4v) is 4.22. The van der Waals surface area contributed by atoms with Crippen LogP contribution in [0.3, 0.4) is 0 Å². The molecule has 7 nitrogen and oxygen atoms in total. The third-order valence-corrected chi connectivity index (χ3v) is 5.84. The van der Waals surface area contributed by atoms with Crippen LogP contribution < -0.4 is 14.9 Å². The normalized spacial score (nSPS) is 14.5. The second kappa shape index (κ2) is 8.67. The molecule has 0 atom stereocenters. The Kier molecular flexibility index (Phi) is 6.28. The van der Waals surface area contributed by atoms with Crippen LogP contribution in [0.1, 0.15) is 29.7 Å². The molecule has 27 heavy (non-hydrogen) atoms. The molecule has 0 radical (unpaired) electrons. The number of anilines is 2. The molecule has 1 aromatic carbocycles. The van der Waals surface area contributed by atoms with Crippen LogP contribution >= 0.6 is 0 Å². The van der Waals surface area contributed by atoms with Crippen molar-refractivity contribution in [1.29, 1.82) is 0 Å². The molecule has 0 spiro atoms. The standard InChI is InChI=1S/C19H27N5O2S/c1-15-5-7-17(8-6-15)14-27(25,26)21-10-9-20-19-22-16(2)13-18(23-19)24-11-3-4-12-24/h5-8,13,21H,3-4,9-12,14H2,1-2H3,(H,20,22,23). The predicted octanol–water partition coefficient (Wildman–Crippen LogP) is 2.23. The van der Waals surface area contributed by atoms with Gasteiger partial charge in [0.1, 0.15) is 5.82 Å². The van der Waals surface area contributed by atoms with E-state index in [2.05, 4.69) is 24.9 Å². The van der Waals surface area contributed by atoms with Gasteiger partial charge in [0.25, 0.3) is 0 Å². The molecule has 1 fully saturated rings. The molecule has 0 bridgehead atoms. The third kappa shape index (κ3) is 5.90. The summed E-state index contributed by atoms with van der Waals surface area (Å²) in [5.74, 6) is 1.45. The van der Waals surface area contributed by atoms with Crippen LogP contribution in [0.2, 0.25) is 0 Å². The quantitative estimate of drug-likeness (QED) is 0.673. The molecular weight excluding hydrogens is 362 g/mol. The van der Waals surface area contributed by atoms with Gasteiger partial charge in [0, 0.05) is 37.9 Å². The van der Waals surface area contributed by atoms with Crippen molar-refractivity contribution < 1.29 is 8.42 Å². The summed E-state index contributed by atoms with van der Waals surface area (Å²) in [5.41, 5.74) is 2.78. The Balaban J connectivity index is 1.50. The molecule has 1 saturated heterocycles. The maximum Gasteiger partial charge on any atom is 0.224 e. The van der Waals surface area contributed by atoms with Gasteiger partial charge in [-0.2, -0.15) is 4.98 Å². The number of hydrogen-bond donors (Lipinski definition) is 2. The van der Waals surface area contributed by atoms with Gasteiger partial charge in [-0.3, -0.25) is 0 Å². The lowest BCUT2D eigenvalue weighted by atomic mass is 10.2. The Bertz CT molecular complexity index is 862. The number of hydrogen-bond acceptors (Lipinski definition) is 6. The van der Waals surface area contributed by atoms with Crippen molar-refractivity contribution in [3.63, 3.8) is 0 Å². The molecule has 2 heterocycles. The number of aryl methyl sites for hydroxylation is 2. The minimum Gasteiger partial charge on any atom is -0.356 e. The summed E-state index contributed by atoms with van der Waals surface area (Å²) in [6.45, 7) is 6.67. The molecule has 0 amide bonds. The fraction of sp³-hybridized carbons (Fsp3) is 0.474. The van der Waals surface area contributed by atoms with Crippen LogP contribution in [0.15, 0.2) is 30.3 Å². The SMILES string of the molecule is Cc1ccc(CS(=O)(=O)NCCNc2nc(C)cc(N3CCCC3)n2)cc1. The van der Waals surface area contributed by atoms with Gasteiger partial charge in [-0.15, -0.1) is 0 Å². The van der Waals surface area contributed by atoms with Crippen LogP contribution in [0.4, 0.5) is 11.8 Å². The van der Waals surface area contributed by atoms with Crippen LogP contribution in [0, 0.1) is 13.8 Å². The van der Waals surface area contributed by atoms with Crippen LogP contribution in [-0.4, -0.2) is 44.6 Å². The van der Waals surface area contributed by atoms with E-state index in [0.717, 1.165) is 35.7 Å². The molecule has 2 N–H and O–H groups in total. The average molecular weight is 390 g/mol. The highest BCUT2D eigenvalue weighted by Crippen LogP contribution is 2.19. The fourth-order valence-electron chi connectivity index (χ4n) is 3.07. The first-order valence-electron chi connectivity index (χ1n) is 9.29. The molecule has 3 rings (SSSR count). The Morgan fingerprint density at radius 2 is 1.74 bits per heavy atom. The van der Waals surface area contributed by atoms with E-state index in [9.17, 15) is 8.42 Å². The van der Waals surface area contributed by atoms with E-state index in [1.165, 1.54) is 12.8 Å². The van der Waals surface area contributed by atoms with E-state index in [1.54, 1.807) is 0 Å². The molecular formula is C19H27N5O2S. The van der Waals surface area contributed by atoms with Gasteiger partial charge in [0.2, 0.25) is 16.0 Å². The summed E-state index contributed by atoms with van der Waals surface area (Å²) in [6, 6.07) is 9.50. The van der Waals surface area contributed by atoms with Crippen LogP contribution in [0.25, 0.3) is 0 Å². The maximum atomic E-state index is 12.2. The molecule has 1 aliphatic heterocycles. The highest BCUT2D eigenvalue weighted by Gasteiger charge is 2.15. The van der Waals surface area contributed by atoms with Gasteiger partial charge in [-0.05, 0) is 32.3 Å². The number of aromatic nitrogens is 2. The largest absolute Gasteiger partial charge is 0.356 e. The first kappa shape index (κ1) is 19.6. The Morgan fingerprint density at radius 3 is 2.44 bits per heavy atom. The minimum absolute atomic E-state index is 0.0205. The van der Waals surface area contributed by atoms with Gasteiger partial charge in [0.05, 0.1) is 5.75 Å². The van der Waals surface area contributed by atoms with Crippen molar-refractivity contribution in [3.8, 4) is 0 Å². The summed E-state index contributed by atoms with van der Waals surface area (Å²) in [5, 5.41) is 3.12. The van der Waals surface area contributed by atoms with Gasteiger partial charge in [-0.1, -0.05) is 29.8 Å². The predicted molar refractivity (Wildman–Crippen MR) is 109 cm³/mol. The second-order valence-corrected chi connectivity index (χ2v) is 8.76. The minimum atomic E-state index is -3.37. The van der Waals surface area contributed by atoms with Gasteiger partial charge in [-0.25, -0.2) is 18.1 Å². The summed E-state index contributed by atoms with van der Waals surface area (Å²) < 4.78 is 27.0. The molecule has 146 valence electrons. The van der Waals surface area contributed by atoms with Crippen molar-refractivity contribution >= 4 is 21.8 Å². The zero-order chi connectivity index (χ0) is 19.3. The Labute approximate surface area is 161 Å². The molecule has 8 heteroatoms. The molecule has 2 aromatic rings. The Morgan fingerprint density at radius 1 is 1.04 bits per heavy atom. The van der Waals surface area contributed by atoms with Gasteiger partial charge >= 0.3 is 0 Å². The van der Waals surface area contributed by atoms with Crippen molar-refractivity contribution in [2.24, 2.45) is 0 Å². The monoisotopic (exact) mass is 389 g/mol. The van der Waals surface area contributed by atoms with E-state index in [-0.39, 0.29) is 12.3 Å². The number of nitrogens with zero attached hydrogens (tertiary/aromatic N) is 3. The lowest BCUT2D eigenvalue weighted by molar-refractivity contribution is 0.582. The lowest BCUT2D eigenvalue weighted by Crippen LogP contribution is -2.30. The summed E-state index contributed by atoms with van der Waals surface area (Å²) in [4.78, 5) is 11.2. The molecule has 0 aliphatic carbocycles. The first-order chi connectivity index (χ1) is 12.9. The smallest absolute Gasteiger partial charge is 0.224 e. The summed E-state index contributed by atoms with van der Waals surface area (Å²) in [6.07, 6.45) is 2.38. The van der Waals surface area contributed by atoms with Crippen LogP contribution in [-0.2, 0) is 15.8 Å². The van der Waals surface area contributed by atoms with Crippen molar-refractivity contribution in [2.45, 2.75) is 32.4 Å². The van der Waals surface area contributed by atoms with E-state index in [0.29, 0.717) is 12.5 Å². The topological polar surface area (TPSA) is 87.2 Å². The van der Waals surface area contributed by atoms with Crippen molar-refractivity contribution in [3.05, 3.63) is 47.2 Å². The van der Waals surface area contributed by atoms with Gasteiger partial charge < -0.3 is 10.2 Å². The third-order valence-electron chi connectivity index (χ3n) is 4.48. The molecule has 0 unspecified atom stereocenters.